The summed E-state index contributed by atoms with van der Waals surface area (Å²) in [7, 11) is 1.78. The van der Waals surface area contributed by atoms with Crippen LogP contribution in [0.4, 0.5) is 11.5 Å². The highest BCUT2D eigenvalue weighted by molar-refractivity contribution is 5.94. The van der Waals surface area contributed by atoms with Gasteiger partial charge in [0, 0.05) is 30.1 Å². The first-order chi connectivity index (χ1) is 8.26. The smallest absolute Gasteiger partial charge is 0.144 e. The third kappa shape index (κ3) is 2.08. The van der Waals surface area contributed by atoms with Crippen molar-refractivity contribution in [3.05, 3.63) is 36.2 Å². The maximum atomic E-state index is 7.39. The molecule has 0 unspecified atom stereocenters. The summed E-state index contributed by atoms with van der Waals surface area (Å²) < 4.78 is 0. The van der Waals surface area contributed by atoms with Crippen molar-refractivity contribution < 1.29 is 0 Å². The summed E-state index contributed by atoms with van der Waals surface area (Å²) in [6.45, 7) is 0. The fourth-order valence-corrected chi connectivity index (χ4v) is 1.56. The summed E-state index contributed by atoms with van der Waals surface area (Å²) >= 11 is 0. The van der Waals surface area contributed by atoms with E-state index in [0.717, 1.165) is 5.56 Å². The van der Waals surface area contributed by atoms with Crippen molar-refractivity contribution in [1.29, 1.82) is 5.41 Å². The molecule has 0 amide bonds. The van der Waals surface area contributed by atoms with Gasteiger partial charge >= 0.3 is 0 Å². The monoisotopic (exact) mass is 227 g/mol. The average Bonchev–Trinajstić information content (AvgIpc) is 2.38. The van der Waals surface area contributed by atoms with Crippen LogP contribution in [0.1, 0.15) is 5.56 Å². The molecule has 0 fully saturated rings. The fourth-order valence-electron chi connectivity index (χ4n) is 1.56. The van der Waals surface area contributed by atoms with Gasteiger partial charge in [0.25, 0.3) is 0 Å². The summed E-state index contributed by atoms with van der Waals surface area (Å²) in [5.41, 5.74) is 8.56. The Morgan fingerprint density at radius 3 is 2.71 bits per heavy atom. The van der Waals surface area contributed by atoms with E-state index in [1.165, 1.54) is 6.21 Å². The van der Waals surface area contributed by atoms with Crippen molar-refractivity contribution in [1.82, 2.24) is 9.97 Å². The lowest BCUT2D eigenvalue weighted by molar-refractivity contribution is 1.19. The maximum absolute atomic E-state index is 7.39. The molecule has 0 saturated carbocycles. The van der Waals surface area contributed by atoms with E-state index in [4.69, 9.17) is 11.1 Å². The summed E-state index contributed by atoms with van der Waals surface area (Å²) in [6, 6.07) is 5.48. The minimum atomic E-state index is 0.567. The van der Waals surface area contributed by atoms with E-state index < -0.39 is 0 Å². The Morgan fingerprint density at radius 2 is 2.12 bits per heavy atom. The predicted molar refractivity (Wildman–Crippen MR) is 69.3 cm³/mol. The Kier molecular flexibility index (Phi) is 3.00. The Morgan fingerprint density at radius 1 is 1.29 bits per heavy atom. The normalized spacial score (nSPS) is 9.94. The molecule has 0 aliphatic heterocycles. The number of rotatable bonds is 3. The number of nitrogens with two attached hydrogens (primary N) is 1. The molecule has 1 aromatic carbocycles. The first-order valence-electron chi connectivity index (χ1n) is 5.15. The Bertz CT molecular complexity index is 533. The van der Waals surface area contributed by atoms with E-state index in [0.29, 0.717) is 22.8 Å². The molecule has 0 atom stereocenters. The lowest BCUT2D eigenvalue weighted by Gasteiger charge is -2.07. The average molecular weight is 227 g/mol. The Hall–Kier alpha value is -2.43. The van der Waals surface area contributed by atoms with E-state index in [2.05, 4.69) is 15.3 Å². The van der Waals surface area contributed by atoms with Crippen LogP contribution in [0.5, 0.6) is 0 Å². The Labute approximate surface area is 99.2 Å². The van der Waals surface area contributed by atoms with Gasteiger partial charge in [-0.25, -0.2) is 4.98 Å². The molecule has 0 aliphatic rings. The molecule has 5 nitrogen and oxygen atoms in total. The second kappa shape index (κ2) is 4.61. The van der Waals surface area contributed by atoms with Crippen molar-refractivity contribution in [2.45, 2.75) is 0 Å². The maximum Gasteiger partial charge on any atom is 0.144 e. The van der Waals surface area contributed by atoms with Crippen LogP contribution >= 0.6 is 0 Å². The zero-order chi connectivity index (χ0) is 12.3. The van der Waals surface area contributed by atoms with Gasteiger partial charge in [0.2, 0.25) is 0 Å². The van der Waals surface area contributed by atoms with Gasteiger partial charge in [-0.05, 0) is 6.07 Å². The van der Waals surface area contributed by atoms with Crippen LogP contribution in [0.15, 0.2) is 30.6 Å². The van der Waals surface area contributed by atoms with Gasteiger partial charge in [-0.3, -0.25) is 4.98 Å². The minimum absolute atomic E-state index is 0.567. The van der Waals surface area contributed by atoms with Gasteiger partial charge in [-0.2, -0.15) is 0 Å². The number of anilines is 2. The van der Waals surface area contributed by atoms with E-state index in [9.17, 15) is 0 Å². The molecular weight excluding hydrogens is 214 g/mol. The molecule has 0 bridgehead atoms. The predicted octanol–water partition coefficient (Wildman–Crippen LogP) is 1.77. The van der Waals surface area contributed by atoms with Gasteiger partial charge in [-0.15, -0.1) is 0 Å². The van der Waals surface area contributed by atoms with Gasteiger partial charge in [0.15, 0.2) is 0 Å². The molecule has 0 saturated heterocycles. The minimum Gasteiger partial charge on any atom is -0.398 e. The van der Waals surface area contributed by atoms with E-state index in [1.807, 2.05) is 12.1 Å². The second-order valence-electron chi connectivity index (χ2n) is 3.49. The van der Waals surface area contributed by atoms with Crippen molar-refractivity contribution in [2.24, 2.45) is 0 Å². The molecule has 5 heteroatoms. The number of aromatic nitrogens is 2. The van der Waals surface area contributed by atoms with Crippen molar-refractivity contribution in [3.63, 3.8) is 0 Å². The van der Waals surface area contributed by atoms with Gasteiger partial charge in [-0.1, -0.05) is 12.1 Å². The highest BCUT2D eigenvalue weighted by Gasteiger charge is 2.07. The summed E-state index contributed by atoms with van der Waals surface area (Å²) in [6.07, 6.45) is 4.54. The third-order valence-electron chi connectivity index (χ3n) is 2.47. The lowest BCUT2D eigenvalue weighted by atomic mass is 10.0. The molecule has 2 rings (SSSR count). The molecule has 0 radical (unpaired) electrons. The van der Waals surface area contributed by atoms with E-state index in [1.54, 1.807) is 25.5 Å². The van der Waals surface area contributed by atoms with E-state index in [-0.39, 0.29) is 0 Å². The van der Waals surface area contributed by atoms with Crippen LogP contribution in [-0.4, -0.2) is 23.2 Å². The SMILES string of the molecule is CNc1cnc(-c2cccc(N)c2C=N)cn1. The molecule has 0 aliphatic carbocycles. The van der Waals surface area contributed by atoms with Crippen molar-refractivity contribution in [2.75, 3.05) is 18.1 Å². The zero-order valence-electron chi connectivity index (χ0n) is 9.44. The topological polar surface area (TPSA) is 87.7 Å². The summed E-state index contributed by atoms with van der Waals surface area (Å²) in [5, 5.41) is 10.3. The number of nitrogens with one attached hydrogen (secondary N) is 2. The van der Waals surface area contributed by atoms with Gasteiger partial charge in [0.05, 0.1) is 18.1 Å². The molecule has 17 heavy (non-hydrogen) atoms. The van der Waals surface area contributed by atoms with Gasteiger partial charge in [0.1, 0.15) is 5.82 Å². The molecule has 86 valence electrons. The first-order valence-corrected chi connectivity index (χ1v) is 5.15. The van der Waals surface area contributed by atoms with Crippen LogP contribution in [-0.2, 0) is 0 Å². The number of nitrogen functional groups attached to an aromatic ring is 1. The van der Waals surface area contributed by atoms with Crippen LogP contribution in [0.25, 0.3) is 11.3 Å². The number of benzene rings is 1. The lowest BCUT2D eigenvalue weighted by Crippen LogP contribution is -1.98. The molecule has 1 heterocycles. The molecule has 4 N–H and O–H groups in total. The Balaban J connectivity index is 2.52. The van der Waals surface area contributed by atoms with Crippen LogP contribution in [0, 0.1) is 5.41 Å². The van der Waals surface area contributed by atoms with E-state index >= 15 is 0 Å². The standard InChI is InChI=1S/C12H13N5/c1-15-12-7-16-11(6-17-12)8-3-2-4-10(14)9(8)5-13/h2-7,13H,14H2,1H3,(H,15,17). The second-order valence-corrected chi connectivity index (χ2v) is 3.49. The summed E-state index contributed by atoms with van der Waals surface area (Å²) in [5.74, 6) is 0.703. The highest BCUT2D eigenvalue weighted by atomic mass is 15.0. The molecule has 0 spiro atoms. The quantitative estimate of drug-likeness (QED) is 0.550. The third-order valence-corrected chi connectivity index (χ3v) is 2.47. The van der Waals surface area contributed by atoms with Crippen LogP contribution < -0.4 is 11.1 Å². The fraction of sp³-hybridized carbons (Fsp3) is 0.0833. The van der Waals surface area contributed by atoms with Crippen LogP contribution in [0.3, 0.4) is 0 Å². The molecular formula is C12H13N5. The number of nitrogens with zero attached hydrogens (tertiary/aromatic N) is 2. The molecule has 1 aromatic heterocycles. The van der Waals surface area contributed by atoms with Crippen LogP contribution in [0.2, 0.25) is 0 Å². The molecule has 2 aromatic rings. The zero-order valence-corrected chi connectivity index (χ0v) is 9.44. The first kappa shape index (κ1) is 11.1. The van der Waals surface area contributed by atoms with Crippen molar-refractivity contribution in [3.8, 4) is 11.3 Å². The highest BCUT2D eigenvalue weighted by Crippen LogP contribution is 2.24. The van der Waals surface area contributed by atoms with Crippen molar-refractivity contribution >= 4 is 17.7 Å². The van der Waals surface area contributed by atoms with Gasteiger partial charge < -0.3 is 16.5 Å². The summed E-state index contributed by atoms with van der Waals surface area (Å²) in [4.78, 5) is 8.47. The number of hydrogen-bond acceptors (Lipinski definition) is 5. The largest absolute Gasteiger partial charge is 0.398 e. The number of hydrogen-bond donors (Lipinski definition) is 3.